The standard InChI is InChI=1S/C24H31ClN2O3/c1-5-14-26-24(29)18(4)27(15-20-8-6-7-9-22(20)25)23(28)16-30-21-12-10-19(11-13-21)17(2)3/h6-13,17-18H,5,14-16H2,1-4H3,(H,26,29). The molecule has 0 saturated heterocycles. The highest BCUT2D eigenvalue weighted by Gasteiger charge is 2.26. The number of ether oxygens (including phenoxy) is 1. The Labute approximate surface area is 184 Å². The summed E-state index contributed by atoms with van der Waals surface area (Å²) >= 11 is 6.28. The molecule has 1 N–H and O–H groups in total. The van der Waals surface area contributed by atoms with E-state index in [1.165, 1.54) is 10.5 Å². The maximum Gasteiger partial charge on any atom is 0.261 e. The Hall–Kier alpha value is -2.53. The summed E-state index contributed by atoms with van der Waals surface area (Å²) in [4.78, 5) is 27.0. The summed E-state index contributed by atoms with van der Waals surface area (Å²) < 4.78 is 5.71. The van der Waals surface area contributed by atoms with Crippen LogP contribution in [0.3, 0.4) is 0 Å². The van der Waals surface area contributed by atoms with Gasteiger partial charge in [0, 0.05) is 18.1 Å². The molecule has 0 heterocycles. The van der Waals surface area contributed by atoms with Gasteiger partial charge in [-0.15, -0.1) is 0 Å². The summed E-state index contributed by atoms with van der Waals surface area (Å²) in [6, 6.07) is 14.4. The Morgan fingerprint density at radius 2 is 1.73 bits per heavy atom. The number of nitrogens with one attached hydrogen (secondary N) is 1. The van der Waals surface area contributed by atoms with Crippen molar-refractivity contribution < 1.29 is 14.3 Å². The van der Waals surface area contributed by atoms with Gasteiger partial charge in [-0.25, -0.2) is 0 Å². The van der Waals surface area contributed by atoms with E-state index < -0.39 is 6.04 Å². The first-order valence-electron chi connectivity index (χ1n) is 10.4. The third-order valence-corrected chi connectivity index (χ3v) is 5.29. The van der Waals surface area contributed by atoms with Crippen LogP contribution in [-0.4, -0.2) is 35.9 Å². The summed E-state index contributed by atoms with van der Waals surface area (Å²) in [6.07, 6.45) is 0.826. The predicted octanol–water partition coefficient (Wildman–Crippen LogP) is 4.79. The normalized spacial score (nSPS) is 11.8. The SMILES string of the molecule is CCCNC(=O)C(C)N(Cc1ccccc1Cl)C(=O)COc1ccc(C(C)C)cc1. The van der Waals surface area contributed by atoms with Crippen LogP contribution in [0.15, 0.2) is 48.5 Å². The first-order chi connectivity index (χ1) is 14.3. The topological polar surface area (TPSA) is 58.6 Å². The van der Waals surface area contributed by atoms with E-state index in [0.717, 1.165) is 12.0 Å². The van der Waals surface area contributed by atoms with Crippen molar-refractivity contribution in [1.29, 1.82) is 0 Å². The highest BCUT2D eigenvalue weighted by Crippen LogP contribution is 2.20. The Balaban J connectivity index is 2.12. The van der Waals surface area contributed by atoms with Gasteiger partial charge in [-0.3, -0.25) is 9.59 Å². The van der Waals surface area contributed by atoms with Gasteiger partial charge >= 0.3 is 0 Å². The second-order valence-corrected chi connectivity index (χ2v) is 8.00. The molecule has 5 nitrogen and oxygen atoms in total. The van der Waals surface area contributed by atoms with Crippen LogP contribution in [0.2, 0.25) is 5.02 Å². The van der Waals surface area contributed by atoms with Gasteiger partial charge in [0.25, 0.3) is 5.91 Å². The molecule has 0 aliphatic carbocycles. The van der Waals surface area contributed by atoms with Crippen molar-refractivity contribution in [2.24, 2.45) is 0 Å². The van der Waals surface area contributed by atoms with Gasteiger partial charge in [-0.1, -0.05) is 62.7 Å². The highest BCUT2D eigenvalue weighted by atomic mass is 35.5. The third-order valence-electron chi connectivity index (χ3n) is 4.92. The summed E-state index contributed by atoms with van der Waals surface area (Å²) in [7, 11) is 0. The van der Waals surface area contributed by atoms with Crippen LogP contribution in [-0.2, 0) is 16.1 Å². The molecular formula is C24H31ClN2O3. The van der Waals surface area contributed by atoms with Crippen LogP contribution in [0.25, 0.3) is 0 Å². The molecule has 2 rings (SSSR count). The minimum Gasteiger partial charge on any atom is -0.484 e. The lowest BCUT2D eigenvalue weighted by Gasteiger charge is -2.29. The van der Waals surface area contributed by atoms with Crippen molar-refractivity contribution in [3.8, 4) is 5.75 Å². The summed E-state index contributed by atoms with van der Waals surface area (Å²) in [5, 5.41) is 3.41. The van der Waals surface area contributed by atoms with Crippen LogP contribution in [0.5, 0.6) is 5.75 Å². The van der Waals surface area contributed by atoms with Crippen molar-refractivity contribution in [3.63, 3.8) is 0 Å². The first-order valence-corrected chi connectivity index (χ1v) is 10.7. The van der Waals surface area contributed by atoms with E-state index >= 15 is 0 Å². The molecule has 1 unspecified atom stereocenters. The van der Waals surface area contributed by atoms with Crippen molar-refractivity contribution in [2.75, 3.05) is 13.2 Å². The zero-order valence-corrected chi connectivity index (χ0v) is 18.9. The van der Waals surface area contributed by atoms with Crippen molar-refractivity contribution >= 4 is 23.4 Å². The van der Waals surface area contributed by atoms with Crippen LogP contribution in [0, 0.1) is 0 Å². The number of rotatable bonds is 10. The lowest BCUT2D eigenvalue weighted by Crippen LogP contribution is -2.49. The molecule has 0 aliphatic rings. The minimum absolute atomic E-state index is 0.156. The predicted molar refractivity (Wildman–Crippen MR) is 121 cm³/mol. The molecule has 0 fully saturated rings. The Morgan fingerprint density at radius 1 is 1.07 bits per heavy atom. The van der Waals surface area contributed by atoms with E-state index in [0.29, 0.717) is 23.2 Å². The van der Waals surface area contributed by atoms with E-state index in [4.69, 9.17) is 16.3 Å². The fourth-order valence-corrected chi connectivity index (χ4v) is 3.16. The molecule has 6 heteroatoms. The van der Waals surface area contributed by atoms with E-state index in [2.05, 4.69) is 19.2 Å². The average Bonchev–Trinajstić information content (AvgIpc) is 2.75. The zero-order valence-electron chi connectivity index (χ0n) is 18.2. The summed E-state index contributed by atoms with van der Waals surface area (Å²) in [6.45, 7) is 8.59. The largest absolute Gasteiger partial charge is 0.484 e. The molecule has 2 aromatic rings. The van der Waals surface area contributed by atoms with Crippen LogP contribution in [0.1, 0.15) is 51.2 Å². The van der Waals surface area contributed by atoms with Gasteiger partial charge in [-0.2, -0.15) is 0 Å². The van der Waals surface area contributed by atoms with Crippen LogP contribution < -0.4 is 10.1 Å². The lowest BCUT2D eigenvalue weighted by atomic mass is 10.0. The minimum atomic E-state index is -0.646. The fourth-order valence-electron chi connectivity index (χ4n) is 2.97. The number of carbonyl (C=O) groups is 2. The molecule has 2 aromatic carbocycles. The molecule has 0 aliphatic heterocycles. The Kier molecular flexibility index (Phi) is 9.18. The molecule has 0 aromatic heterocycles. The van der Waals surface area contributed by atoms with Gasteiger partial charge in [-0.05, 0) is 48.6 Å². The molecular weight excluding hydrogens is 400 g/mol. The number of nitrogens with zero attached hydrogens (tertiary/aromatic N) is 1. The number of hydrogen-bond acceptors (Lipinski definition) is 3. The van der Waals surface area contributed by atoms with Gasteiger partial charge in [0.15, 0.2) is 6.61 Å². The molecule has 0 spiro atoms. The van der Waals surface area contributed by atoms with E-state index in [9.17, 15) is 9.59 Å². The number of benzene rings is 2. The monoisotopic (exact) mass is 430 g/mol. The number of halogens is 1. The zero-order chi connectivity index (χ0) is 22.1. The van der Waals surface area contributed by atoms with E-state index in [1.54, 1.807) is 13.0 Å². The lowest BCUT2D eigenvalue weighted by molar-refractivity contribution is -0.142. The number of amides is 2. The van der Waals surface area contributed by atoms with Gasteiger partial charge < -0.3 is 15.0 Å². The number of hydrogen-bond donors (Lipinski definition) is 1. The molecule has 0 radical (unpaired) electrons. The summed E-state index contributed by atoms with van der Waals surface area (Å²) in [5.74, 6) is 0.573. The molecule has 30 heavy (non-hydrogen) atoms. The average molecular weight is 431 g/mol. The Morgan fingerprint density at radius 3 is 2.33 bits per heavy atom. The van der Waals surface area contributed by atoms with Crippen molar-refractivity contribution in [3.05, 3.63) is 64.7 Å². The van der Waals surface area contributed by atoms with Crippen LogP contribution in [0.4, 0.5) is 0 Å². The van der Waals surface area contributed by atoms with Gasteiger partial charge in [0.1, 0.15) is 11.8 Å². The van der Waals surface area contributed by atoms with Crippen molar-refractivity contribution in [1.82, 2.24) is 10.2 Å². The Bertz CT molecular complexity index is 837. The molecule has 0 saturated carbocycles. The quantitative estimate of drug-likeness (QED) is 0.589. The first kappa shape index (κ1) is 23.7. The second kappa shape index (κ2) is 11.6. The van der Waals surface area contributed by atoms with Crippen LogP contribution >= 0.6 is 11.6 Å². The van der Waals surface area contributed by atoms with Gasteiger partial charge in [0.05, 0.1) is 0 Å². The third kappa shape index (κ3) is 6.77. The van der Waals surface area contributed by atoms with E-state index in [-0.39, 0.29) is 25.0 Å². The smallest absolute Gasteiger partial charge is 0.261 e. The van der Waals surface area contributed by atoms with Gasteiger partial charge in [0.2, 0.25) is 5.91 Å². The summed E-state index contributed by atoms with van der Waals surface area (Å²) in [5.41, 5.74) is 1.99. The molecule has 0 bridgehead atoms. The molecule has 162 valence electrons. The number of carbonyl (C=O) groups excluding carboxylic acids is 2. The molecule has 2 amide bonds. The fraction of sp³-hybridized carbons (Fsp3) is 0.417. The maximum atomic E-state index is 13.0. The van der Waals surface area contributed by atoms with Crippen molar-refractivity contribution in [2.45, 2.75) is 52.6 Å². The molecule has 1 atom stereocenters. The second-order valence-electron chi connectivity index (χ2n) is 7.59. The van der Waals surface area contributed by atoms with E-state index in [1.807, 2.05) is 49.4 Å². The maximum absolute atomic E-state index is 13.0. The highest BCUT2D eigenvalue weighted by molar-refractivity contribution is 6.31.